The molecular weight excluding hydrogens is 212 g/mol. The van der Waals surface area contributed by atoms with Gasteiger partial charge in [-0.2, -0.15) is 0 Å². The van der Waals surface area contributed by atoms with E-state index in [-0.39, 0.29) is 0 Å². The molecule has 0 aliphatic carbocycles. The molecule has 15 heavy (non-hydrogen) atoms. The first-order valence-corrected chi connectivity index (χ1v) is 5.87. The fraction of sp³-hybridized carbons (Fsp3) is 0.600. The van der Waals surface area contributed by atoms with Crippen LogP contribution in [0, 0.1) is 0 Å². The third-order valence-corrected chi connectivity index (χ3v) is 2.97. The lowest BCUT2D eigenvalue weighted by atomic mass is 10.5. The van der Waals surface area contributed by atoms with Gasteiger partial charge in [0, 0.05) is 19.7 Å². The summed E-state index contributed by atoms with van der Waals surface area (Å²) in [7, 11) is 0. The highest BCUT2D eigenvalue weighted by molar-refractivity contribution is 7.17. The van der Waals surface area contributed by atoms with Gasteiger partial charge in [-0.05, 0) is 13.8 Å². The minimum absolute atomic E-state index is 0.667. The van der Waals surface area contributed by atoms with Crippen molar-refractivity contribution >= 4 is 22.8 Å². The van der Waals surface area contributed by atoms with Crippen molar-refractivity contribution < 1.29 is 9.53 Å². The Morgan fingerprint density at radius 2 is 2.40 bits per heavy atom. The van der Waals surface area contributed by atoms with E-state index in [9.17, 15) is 4.79 Å². The maximum Gasteiger partial charge on any atom is 0.186 e. The zero-order valence-corrected chi connectivity index (χ0v) is 9.92. The summed E-state index contributed by atoms with van der Waals surface area (Å²) in [5, 5.41) is 0.888. The van der Waals surface area contributed by atoms with Gasteiger partial charge in [-0.25, -0.2) is 4.98 Å². The van der Waals surface area contributed by atoms with Crippen molar-refractivity contribution in [3.63, 3.8) is 0 Å². The van der Waals surface area contributed by atoms with Gasteiger partial charge in [-0.15, -0.1) is 0 Å². The van der Waals surface area contributed by atoms with Crippen LogP contribution >= 0.6 is 11.3 Å². The van der Waals surface area contributed by atoms with E-state index < -0.39 is 0 Å². The normalized spacial score (nSPS) is 10.3. The van der Waals surface area contributed by atoms with Gasteiger partial charge in [0.05, 0.1) is 17.7 Å². The van der Waals surface area contributed by atoms with Crippen LogP contribution in [0.4, 0.5) is 5.13 Å². The molecule has 1 aromatic rings. The molecule has 0 amide bonds. The molecule has 4 nitrogen and oxygen atoms in total. The van der Waals surface area contributed by atoms with Crippen LogP contribution in [-0.2, 0) is 4.74 Å². The fourth-order valence-corrected chi connectivity index (χ4v) is 2.00. The lowest BCUT2D eigenvalue weighted by Gasteiger charge is -2.19. The third kappa shape index (κ3) is 3.60. The number of aldehydes is 1. The van der Waals surface area contributed by atoms with Gasteiger partial charge in [-0.1, -0.05) is 11.3 Å². The number of carbonyl (C=O) groups excluding carboxylic acids is 1. The number of likely N-dealkylation sites (N-methyl/N-ethyl adjacent to an activating group) is 1. The zero-order chi connectivity index (χ0) is 11.1. The molecule has 0 radical (unpaired) electrons. The van der Waals surface area contributed by atoms with Crippen molar-refractivity contribution in [2.75, 3.05) is 31.2 Å². The molecule has 1 heterocycles. The molecule has 0 spiro atoms. The summed E-state index contributed by atoms with van der Waals surface area (Å²) in [6.45, 7) is 7.16. The Morgan fingerprint density at radius 1 is 1.60 bits per heavy atom. The maximum atomic E-state index is 10.5. The summed E-state index contributed by atoms with van der Waals surface area (Å²) in [6.07, 6.45) is 2.44. The van der Waals surface area contributed by atoms with Crippen LogP contribution in [0.15, 0.2) is 6.20 Å². The Morgan fingerprint density at radius 3 is 2.93 bits per heavy atom. The third-order valence-electron chi connectivity index (χ3n) is 1.99. The van der Waals surface area contributed by atoms with Crippen LogP contribution < -0.4 is 4.90 Å². The van der Waals surface area contributed by atoms with Crippen LogP contribution in [0.3, 0.4) is 0 Å². The second-order valence-corrected chi connectivity index (χ2v) is 3.98. The lowest BCUT2D eigenvalue weighted by Crippen LogP contribution is -2.26. The van der Waals surface area contributed by atoms with E-state index in [1.165, 1.54) is 11.3 Å². The van der Waals surface area contributed by atoms with Gasteiger partial charge < -0.3 is 9.64 Å². The molecule has 0 N–H and O–H groups in total. The fourth-order valence-electron chi connectivity index (χ4n) is 1.19. The molecule has 0 aromatic carbocycles. The average Bonchev–Trinajstić information content (AvgIpc) is 2.73. The van der Waals surface area contributed by atoms with Crippen molar-refractivity contribution in [1.29, 1.82) is 0 Å². The largest absolute Gasteiger partial charge is 0.380 e. The molecular formula is C10H16N2O2S. The molecule has 1 aromatic heterocycles. The minimum Gasteiger partial charge on any atom is -0.380 e. The van der Waals surface area contributed by atoms with E-state index in [0.29, 0.717) is 11.5 Å². The second-order valence-electron chi connectivity index (χ2n) is 2.94. The number of thiazole rings is 1. The van der Waals surface area contributed by atoms with E-state index in [2.05, 4.69) is 16.8 Å². The lowest BCUT2D eigenvalue weighted by molar-refractivity contribution is 0.112. The van der Waals surface area contributed by atoms with Gasteiger partial charge in [0.1, 0.15) is 0 Å². The zero-order valence-electron chi connectivity index (χ0n) is 9.10. The van der Waals surface area contributed by atoms with Crippen LogP contribution in [0.1, 0.15) is 23.5 Å². The van der Waals surface area contributed by atoms with E-state index in [1.54, 1.807) is 6.20 Å². The Hall–Kier alpha value is -0.940. The number of carbonyl (C=O) groups is 1. The predicted molar refractivity (Wildman–Crippen MR) is 61.9 cm³/mol. The maximum absolute atomic E-state index is 10.5. The Balaban J connectivity index is 2.53. The predicted octanol–water partition coefficient (Wildman–Crippen LogP) is 1.82. The summed E-state index contributed by atoms with van der Waals surface area (Å²) >= 11 is 1.41. The first kappa shape index (κ1) is 12.1. The highest BCUT2D eigenvalue weighted by atomic mass is 32.1. The summed E-state index contributed by atoms with van der Waals surface area (Å²) in [6, 6.07) is 0. The molecule has 0 fully saturated rings. The molecule has 0 aliphatic heterocycles. The van der Waals surface area contributed by atoms with Crippen molar-refractivity contribution in [3.8, 4) is 0 Å². The number of nitrogens with zero attached hydrogens (tertiary/aromatic N) is 2. The average molecular weight is 228 g/mol. The van der Waals surface area contributed by atoms with Gasteiger partial charge in [-0.3, -0.25) is 4.79 Å². The van der Waals surface area contributed by atoms with Gasteiger partial charge in [0.15, 0.2) is 11.4 Å². The molecule has 5 heteroatoms. The molecule has 0 saturated heterocycles. The van der Waals surface area contributed by atoms with Gasteiger partial charge in [0.2, 0.25) is 0 Å². The van der Waals surface area contributed by atoms with E-state index in [1.807, 2.05) is 6.92 Å². The van der Waals surface area contributed by atoms with E-state index in [4.69, 9.17) is 4.74 Å². The van der Waals surface area contributed by atoms with Crippen molar-refractivity contribution in [1.82, 2.24) is 4.98 Å². The Kier molecular flexibility index (Phi) is 5.28. The molecule has 84 valence electrons. The van der Waals surface area contributed by atoms with Crippen LogP contribution in [-0.4, -0.2) is 37.6 Å². The van der Waals surface area contributed by atoms with Crippen LogP contribution in [0.25, 0.3) is 0 Å². The smallest absolute Gasteiger partial charge is 0.186 e. The monoisotopic (exact) mass is 228 g/mol. The van der Waals surface area contributed by atoms with Crippen LogP contribution in [0.5, 0.6) is 0 Å². The number of ether oxygens (including phenoxy) is 1. The van der Waals surface area contributed by atoms with Crippen LogP contribution in [0.2, 0.25) is 0 Å². The molecule has 0 unspecified atom stereocenters. The summed E-state index contributed by atoms with van der Waals surface area (Å²) < 4.78 is 5.29. The first-order valence-electron chi connectivity index (χ1n) is 5.05. The summed E-state index contributed by atoms with van der Waals surface area (Å²) in [5.41, 5.74) is 0. The first-order chi connectivity index (χ1) is 7.31. The van der Waals surface area contributed by atoms with Crippen molar-refractivity contribution in [2.24, 2.45) is 0 Å². The summed E-state index contributed by atoms with van der Waals surface area (Å²) in [4.78, 5) is 17.5. The quantitative estimate of drug-likeness (QED) is 0.527. The molecule has 1 rings (SSSR count). The number of anilines is 1. The molecule has 0 aliphatic rings. The van der Waals surface area contributed by atoms with E-state index >= 15 is 0 Å². The Labute approximate surface area is 93.9 Å². The van der Waals surface area contributed by atoms with Gasteiger partial charge in [0.25, 0.3) is 0 Å². The number of hydrogen-bond donors (Lipinski definition) is 0. The van der Waals surface area contributed by atoms with Crippen molar-refractivity contribution in [3.05, 3.63) is 11.1 Å². The summed E-state index contributed by atoms with van der Waals surface area (Å²) in [5.74, 6) is 0. The molecule has 0 atom stereocenters. The topological polar surface area (TPSA) is 42.4 Å². The number of rotatable bonds is 7. The number of aromatic nitrogens is 1. The molecule has 0 saturated carbocycles. The SMILES string of the molecule is CCOCCN(CC)c1ncc(C=O)s1. The standard InChI is InChI=1S/C10H16N2O2S/c1-3-12(5-6-14-4-2)10-11-7-9(8-13)15-10/h7-8H,3-6H2,1-2H3. The minimum atomic E-state index is 0.667. The van der Waals surface area contributed by atoms with Gasteiger partial charge >= 0.3 is 0 Å². The number of hydrogen-bond acceptors (Lipinski definition) is 5. The second kappa shape index (κ2) is 6.53. The van der Waals surface area contributed by atoms with Crippen molar-refractivity contribution in [2.45, 2.75) is 13.8 Å². The van der Waals surface area contributed by atoms with E-state index in [0.717, 1.165) is 31.1 Å². The Bertz CT molecular complexity index is 301. The highest BCUT2D eigenvalue weighted by Gasteiger charge is 2.08. The molecule has 0 bridgehead atoms. The highest BCUT2D eigenvalue weighted by Crippen LogP contribution is 2.20.